The molecule has 0 radical (unpaired) electrons. The Labute approximate surface area is 245 Å². The highest BCUT2D eigenvalue weighted by Gasteiger charge is 2.64. The molecule has 0 aliphatic carbocycles. The van der Waals surface area contributed by atoms with Crippen molar-refractivity contribution in [2.45, 2.75) is 50.3 Å². The number of furan rings is 1. The molecule has 3 aromatic rings. The molecule has 9 heteroatoms. The summed E-state index contributed by atoms with van der Waals surface area (Å²) in [5.41, 5.74) is 0.756. The second-order valence-corrected chi connectivity index (χ2v) is 10.8. The van der Waals surface area contributed by atoms with Crippen molar-refractivity contribution in [1.29, 1.82) is 5.26 Å². The maximum Gasteiger partial charge on any atom is 0.311 e. The van der Waals surface area contributed by atoms with E-state index in [0.29, 0.717) is 12.3 Å². The van der Waals surface area contributed by atoms with Gasteiger partial charge in [-0.25, -0.2) is 0 Å². The van der Waals surface area contributed by atoms with Crippen LogP contribution in [0.4, 0.5) is 0 Å². The Kier molecular flexibility index (Phi) is 9.35. The van der Waals surface area contributed by atoms with Gasteiger partial charge >= 0.3 is 5.97 Å². The molecule has 0 N–H and O–H groups in total. The lowest BCUT2D eigenvalue weighted by Crippen LogP contribution is -2.67. The normalized spacial score (nSPS) is 21.7. The monoisotopic (exact) mass is 569 g/mol. The number of aryl methyl sites for hydroxylation is 1. The molecule has 42 heavy (non-hydrogen) atoms. The molecule has 1 aromatic heterocycles. The SMILES string of the molecule is N#CCCOC(=O)C1C[C@]2(COCc3ccccc3)C(=O)N(CCCCc3ccccc3)CC(=O)N2C1c1ccco1. The minimum absolute atomic E-state index is 0.0314. The fraction of sp³-hybridized carbons (Fsp3) is 0.394. The van der Waals surface area contributed by atoms with Gasteiger partial charge in [0.05, 0.1) is 44.4 Å². The Morgan fingerprint density at radius 3 is 2.43 bits per heavy atom. The zero-order valence-corrected chi connectivity index (χ0v) is 23.5. The van der Waals surface area contributed by atoms with E-state index in [1.54, 1.807) is 17.0 Å². The van der Waals surface area contributed by atoms with Gasteiger partial charge in [0.2, 0.25) is 5.91 Å². The van der Waals surface area contributed by atoms with Gasteiger partial charge in [-0.2, -0.15) is 5.26 Å². The van der Waals surface area contributed by atoms with Gasteiger partial charge in [-0.3, -0.25) is 14.4 Å². The molecule has 2 unspecified atom stereocenters. The second kappa shape index (κ2) is 13.5. The summed E-state index contributed by atoms with van der Waals surface area (Å²) in [6.45, 7) is 0.444. The van der Waals surface area contributed by atoms with Crippen LogP contribution in [0.2, 0.25) is 0 Å². The summed E-state index contributed by atoms with van der Waals surface area (Å²) in [5, 5.41) is 8.92. The van der Waals surface area contributed by atoms with Crippen LogP contribution in [0.15, 0.2) is 83.5 Å². The third-order valence-electron chi connectivity index (χ3n) is 7.99. The zero-order chi connectivity index (χ0) is 29.4. The largest absolute Gasteiger partial charge is 0.467 e. The van der Waals surface area contributed by atoms with Crippen molar-refractivity contribution in [2.75, 3.05) is 26.3 Å². The molecule has 0 bridgehead atoms. The van der Waals surface area contributed by atoms with E-state index in [-0.39, 0.29) is 51.0 Å². The zero-order valence-electron chi connectivity index (χ0n) is 23.5. The Balaban J connectivity index is 1.40. The number of nitrogens with zero attached hydrogens (tertiary/aromatic N) is 3. The number of hydrogen-bond donors (Lipinski definition) is 0. The standard InChI is InChI=1S/C33H35N3O6/c34-17-10-20-42-31(38)27-21-33(24-40-23-26-14-5-2-6-15-26)32(39)35(18-8-7-13-25-11-3-1-4-12-25)22-29(37)36(33)30(27)28-16-9-19-41-28/h1-6,9,11-12,14-16,19,27,30H,7-8,10,13,18,20-24H2/t27?,30?,33-/m0/s1. The average molecular weight is 570 g/mol. The lowest BCUT2D eigenvalue weighted by atomic mass is 9.88. The summed E-state index contributed by atoms with van der Waals surface area (Å²) in [7, 11) is 0. The van der Waals surface area contributed by atoms with E-state index in [1.807, 2.05) is 54.6 Å². The molecule has 2 saturated heterocycles. The molecule has 5 rings (SSSR count). The first kappa shape index (κ1) is 29.1. The smallest absolute Gasteiger partial charge is 0.311 e. The highest BCUT2D eigenvalue weighted by molar-refractivity contribution is 6.00. The van der Waals surface area contributed by atoms with E-state index in [9.17, 15) is 14.4 Å². The highest BCUT2D eigenvalue weighted by Crippen LogP contribution is 2.50. The first-order valence-corrected chi connectivity index (χ1v) is 14.4. The van der Waals surface area contributed by atoms with Crippen molar-refractivity contribution in [1.82, 2.24) is 9.80 Å². The van der Waals surface area contributed by atoms with Crippen molar-refractivity contribution in [3.63, 3.8) is 0 Å². The molecule has 218 valence electrons. The Morgan fingerprint density at radius 2 is 1.74 bits per heavy atom. The topological polar surface area (TPSA) is 113 Å². The van der Waals surface area contributed by atoms with Crippen LogP contribution in [0.3, 0.4) is 0 Å². The number of nitriles is 1. The van der Waals surface area contributed by atoms with Crippen LogP contribution < -0.4 is 0 Å². The van der Waals surface area contributed by atoms with Gasteiger partial charge in [0.15, 0.2) is 0 Å². The fourth-order valence-corrected chi connectivity index (χ4v) is 6.07. The minimum atomic E-state index is -1.40. The lowest BCUT2D eigenvalue weighted by molar-refractivity contribution is -0.169. The van der Waals surface area contributed by atoms with Gasteiger partial charge in [-0.15, -0.1) is 0 Å². The van der Waals surface area contributed by atoms with Gasteiger partial charge in [0.25, 0.3) is 5.91 Å². The van der Waals surface area contributed by atoms with Crippen molar-refractivity contribution in [2.24, 2.45) is 5.92 Å². The second-order valence-electron chi connectivity index (χ2n) is 10.8. The number of benzene rings is 2. The quantitative estimate of drug-likeness (QED) is 0.221. The van der Waals surface area contributed by atoms with E-state index in [4.69, 9.17) is 19.2 Å². The summed E-state index contributed by atoms with van der Waals surface area (Å²) in [4.78, 5) is 44.7. The number of piperazine rings is 1. The van der Waals surface area contributed by atoms with E-state index in [0.717, 1.165) is 24.8 Å². The number of amides is 2. The van der Waals surface area contributed by atoms with Crippen molar-refractivity contribution in [3.8, 4) is 6.07 Å². The number of carbonyl (C=O) groups is 3. The Morgan fingerprint density at radius 1 is 1.00 bits per heavy atom. The molecular formula is C33H35N3O6. The molecule has 3 atom stereocenters. The van der Waals surface area contributed by atoms with Gasteiger partial charge in [0.1, 0.15) is 23.9 Å². The van der Waals surface area contributed by atoms with Crippen LogP contribution in [-0.2, 0) is 36.9 Å². The number of unbranched alkanes of at least 4 members (excludes halogenated alkanes) is 1. The predicted octanol–water partition coefficient (Wildman–Crippen LogP) is 4.45. The predicted molar refractivity (Wildman–Crippen MR) is 152 cm³/mol. The van der Waals surface area contributed by atoms with Crippen LogP contribution in [0.1, 0.15) is 48.6 Å². The summed E-state index contributed by atoms with van der Waals surface area (Å²) in [6, 6.07) is 24.3. The van der Waals surface area contributed by atoms with Crippen molar-refractivity contribution in [3.05, 3.63) is 95.9 Å². The number of carbonyl (C=O) groups excluding carboxylic acids is 3. The van der Waals surface area contributed by atoms with Crippen LogP contribution >= 0.6 is 0 Å². The molecule has 2 aromatic carbocycles. The number of rotatable bonds is 13. The summed E-state index contributed by atoms with van der Waals surface area (Å²) < 4.78 is 17.3. The summed E-state index contributed by atoms with van der Waals surface area (Å²) in [5.74, 6) is -1.53. The molecular weight excluding hydrogens is 534 g/mol. The lowest BCUT2D eigenvalue weighted by Gasteiger charge is -2.46. The van der Waals surface area contributed by atoms with Gasteiger partial charge in [0, 0.05) is 6.54 Å². The van der Waals surface area contributed by atoms with Crippen LogP contribution in [0.5, 0.6) is 0 Å². The number of hydrogen-bond acceptors (Lipinski definition) is 7. The Hall–Kier alpha value is -4.42. The number of ether oxygens (including phenoxy) is 2. The minimum Gasteiger partial charge on any atom is -0.467 e. The number of fused-ring (bicyclic) bond motifs is 1. The first-order valence-electron chi connectivity index (χ1n) is 14.4. The first-order chi connectivity index (χ1) is 20.5. The fourth-order valence-electron chi connectivity index (χ4n) is 6.07. The Bertz CT molecular complexity index is 1390. The highest BCUT2D eigenvalue weighted by atomic mass is 16.5. The molecule has 2 amide bonds. The van der Waals surface area contributed by atoms with Gasteiger partial charge in [-0.05, 0) is 48.9 Å². The molecule has 2 fully saturated rings. The molecule has 0 spiro atoms. The number of esters is 1. The summed E-state index contributed by atoms with van der Waals surface area (Å²) in [6.07, 6.45) is 4.04. The third kappa shape index (κ3) is 6.24. The molecule has 3 heterocycles. The molecule has 0 saturated carbocycles. The van der Waals surface area contributed by atoms with E-state index in [1.165, 1.54) is 16.7 Å². The summed E-state index contributed by atoms with van der Waals surface area (Å²) >= 11 is 0. The van der Waals surface area contributed by atoms with Gasteiger partial charge in [-0.1, -0.05) is 60.7 Å². The molecule has 2 aliphatic heterocycles. The maximum atomic E-state index is 14.4. The van der Waals surface area contributed by atoms with E-state index >= 15 is 0 Å². The molecule has 9 nitrogen and oxygen atoms in total. The van der Waals surface area contributed by atoms with Crippen LogP contribution in [0.25, 0.3) is 0 Å². The van der Waals surface area contributed by atoms with Crippen LogP contribution in [-0.4, -0.2) is 59.4 Å². The van der Waals surface area contributed by atoms with Crippen molar-refractivity contribution < 1.29 is 28.3 Å². The average Bonchev–Trinajstić information content (AvgIpc) is 3.66. The molecule has 2 aliphatic rings. The van der Waals surface area contributed by atoms with Gasteiger partial charge < -0.3 is 23.7 Å². The van der Waals surface area contributed by atoms with Crippen LogP contribution in [0, 0.1) is 17.2 Å². The maximum absolute atomic E-state index is 14.4. The van der Waals surface area contributed by atoms with E-state index in [2.05, 4.69) is 12.1 Å². The third-order valence-corrected chi connectivity index (χ3v) is 7.99. The van der Waals surface area contributed by atoms with E-state index < -0.39 is 23.5 Å². The van der Waals surface area contributed by atoms with Crippen molar-refractivity contribution >= 4 is 17.8 Å².